The molecule has 3 N–H and O–H groups in total. The van der Waals surface area contributed by atoms with Gasteiger partial charge in [0.05, 0.1) is 23.1 Å². The fourth-order valence-electron chi connectivity index (χ4n) is 5.44. The highest BCUT2D eigenvalue weighted by Crippen LogP contribution is 2.35. The van der Waals surface area contributed by atoms with E-state index in [2.05, 4.69) is 71.6 Å². The van der Waals surface area contributed by atoms with Gasteiger partial charge in [-0.2, -0.15) is 5.10 Å². The second-order valence-corrected chi connectivity index (χ2v) is 10.5. The largest absolute Gasteiger partial charge is 0.368 e. The second-order valence-electron chi connectivity index (χ2n) is 10.5. The summed E-state index contributed by atoms with van der Waals surface area (Å²) in [5.41, 5.74) is 7.49. The van der Waals surface area contributed by atoms with Gasteiger partial charge in [-0.1, -0.05) is 12.5 Å². The van der Waals surface area contributed by atoms with Gasteiger partial charge < -0.3 is 20.1 Å². The third-order valence-corrected chi connectivity index (χ3v) is 7.99. The van der Waals surface area contributed by atoms with E-state index < -0.39 is 0 Å². The van der Waals surface area contributed by atoms with Gasteiger partial charge in [0.25, 0.3) is 0 Å². The summed E-state index contributed by atoms with van der Waals surface area (Å²) in [6, 6.07) is 12.5. The topological polar surface area (TPSA) is 106 Å². The number of nitrogens with zero attached hydrogens (tertiary/aromatic N) is 5. The Balaban J connectivity index is 1.22. The molecule has 0 spiro atoms. The van der Waals surface area contributed by atoms with E-state index in [1.807, 2.05) is 24.5 Å². The zero-order valence-corrected chi connectivity index (χ0v) is 21.4. The van der Waals surface area contributed by atoms with Crippen LogP contribution in [0.15, 0.2) is 55.0 Å². The van der Waals surface area contributed by atoms with Crippen LogP contribution in [-0.2, 0) is 4.79 Å². The predicted octanol–water partition coefficient (Wildman–Crippen LogP) is 4.66. The molecule has 1 aromatic carbocycles. The lowest BCUT2D eigenvalue weighted by Crippen LogP contribution is -2.44. The molecule has 0 unspecified atom stereocenters. The van der Waals surface area contributed by atoms with E-state index in [9.17, 15) is 4.79 Å². The highest BCUT2D eigenvalue weighted by atomic mass is 16.1. The molecule has 192 valence electrons. The van der Waals surface area contributed by atoms with Crippen molar-refractivity contribution in [1.29, 1.82) is 0 Å². The first kappa shape index (κ1) is 22.9. The number of hydrogen-bond acceptors (Lipinski definition) is 6. The van der Waals surface area contributed by atoms with Crippen molar-refractivity contribution in [3.05, 3.63) is 55.0 Å². The number of pyridine rings is 2. The maximum atomic E-state index is 12.4. The molecule has 2 aliphatic rings. The Bertz CT molecular complexity index is 1640. The average molecular weight is 507 g/mol. The van der Waals surface area contributed by atoms with Gasteiger partial charge in [0.2, 0.25) is 5.91 Å². The van der Waals surface area contributed by atoms with E-state index in [0.717, 1.165) is 95.6 Å². The van der Waals surface area contributed by atoms with Crippen LogP contribution < -0.4 is 10.2 Å². The zero-order valence-electron chi connectivity index (χ0n) is 21.4. The molecule has 0 radical (unpaired) electrons. The summed E-state index contributed by atoms with van der Waals surface area (Å²) >= 11 is 0. The molecule has 9 heteroatoms. The number of H-pyrrole nitrogens is 2. The number of likely N-dealkylation sites (N-methyl/N-ethyl adjacent to an activating group) is 1. The summed E-state index contributed by atoms with van der Waals surface area (Å²) < 4.78 is 0. The van der Waals surface area contributed by atoms with Crippen LogP contribution in [0, 0.1) is 5.92 Å². The first-order valence-electron chi connectivity index (χ1n) is 13.3. The quantitative estimate of drug-likeness (QED) is 0.320. The maximum absolute atomic E-state index is 12.4. The van der Waals surface area contributed by atoms with Crippen molar-refractivity contribution in [3.63, 3.8) is 0 Å². The Morgan fingerprint density at radius 2 is 1.87 bits per heavy atom. The maximum Gasteiger partial charge on any atom is 0.227 e. The minimum atomic E-state index is 0.0890. The van der Waals surface area contributed by atoms with Crippen molar-refractivity contribution in [2.45, 2.75) is 19.3 Å². The lowest BCUT2D eigenvalue weighted by atomic mass is 9.85. The molecule has 1 saturated carbocycles. The van der Waals surface area contributed by atoms with Gasteiger partial charge in [0.1, 0.15) is 11.3 Å². The summed E-state index contributed by atoms with van der Waals surface area (Å²) in [7, 11) is 2.17. The number of hydrogen-bond donors (Lipinski definition) is 3. The van der Waals surface area contributed by atoms with Crippen LogP contribution in [-0.4, -0.2) is 69.2 Å². The zero-order chi connectivity index (χ0) is 25.6. The van der Waals surface area contributed by atoms with Gasteiger partial charge >= 0.3 is 0 Å². The highest BCUT2D eigenvalue weighted by Gasteiger charge is 2.25. The Morgan fingerprint density at radius 3 is 2.68 bits per heavy atom. The average Bonchev–Trinajstić information content (AvgIpc) is 3.52. The van der Waals surface area contributed by atoms with Crippen molar-refractivity contribution in [3.8, 4) is 22.5 Å². The Morgan fingerprint density at radius 1 is 1.00 bits per heavy atom. The smallest absolute Gasteiger partial charge is 0.227 e. The van der Waals surface area contributed by atoms with Crippen molar-refractivity contribution >= 4 is 39.2 Å². The molecule has 5 heterocycles. The van der Waals surface area contributed by atoms with Gasteiger partial charge in [-0.05, 0) is 55.8 Å². The summed E-state index contributed by atoms with van der Waals surface area (Å²) in [5, 5.41) is 13.0. The molecule has 0 bridgehead atoms. The predicted molar refractivity (Wildman–Crippen MR) is 150 cm³/mol. The minimum Gasteiger partial charge on any atom is -0.368 e. The number of nitrogens with one attached hydrogen (secondary N) is 3. The third kappa shape index (κ3) is 4.09. The van der Waals surface area contributed by atoms with Crippen LogP contribution in [0.4, 0.5) is 11.4 Å². The number of anilines is 2. The van der Waals surface area contributed by atoms with Gasteiger partial charge in [0.15, 0.2) is 0 Å². The molecule has 1 amide bonds. The van der Waals surface area contributed by atoms with Crippen molar-refractivity contribution in [2.24, 2.45) is 5.92 Å². The van der Waals surface area contributed by atoms with E-state index in [1.165, 1.54) is 5.69 Å². The monoisotopic (exact) mass is 506 g/mol. The van der Waals surface area contributed by atoms with Crippen molar-refractivity contribution < 1.29 is 4.79 Å². The SMILES string of the molecule is CN1CCN(c2ccnc3[nH]c(-c4n[nH]c5ccc(-c6cncc(NC(=O)C7CCC7)c6)cc45)cc23)CC1. The van der Waals surface area contributed by atoms with Crippen LogP contribution >= 0.6 is 0 Å². The standard InChI is InChI=1S/C29H30N8O/c1-36-9-11-37(12-10-36)26-7-8-31-28-23(26)15-25(33-28)27-22-14-19(5-6-24(22)34-35-27)20-13-21(17-30-16-20)32-29(38)18-3-2-4-18/h5-8,13-18H,2-4,9-12H2,1H3,(H,31,33)(H,32,38)(H,34,35). The molecule has 0 atom stereocenters. The van der Waals surface area contributed by atoms with Crippen LogP contribution in [0.3, 0.4) is 0 Å². The van der Waals surface area contributed by atoms with E-state index in [0.29, 0.717) is 0 Å². The van der Waals surface area contributed by atoms with E-state index in [-0.39, 0.29) is 11.8 Å². The number of carbonyl (C=O) groups is 1. The number of fused-ring (bicyclic) bond motifs is 2. The number of rotatable bonds is 5. The molecule has 38 heavy (non-hydrogen) atoms. The summed E-state index contributed by atoms with van der Waals surface area (Å²) in [5.74, 6) is 0.220. The molecule has 2 fully saturated rings. The molecule has 9 nitrogen and oxygen atoms in total. The van der Waals surface area contributed by atoms with Gasteiger partial charge in [-0.25, -0.2) is 4.98 Å². The summed E-state index contributed by atoms with van der Waals surface area (Å²) in [6.07, 6.45) is 8.48. The van der Waals surface area contributed by atoms with E-state index in [1.54, 1.807) is 6.20 Å². The van der Waals surface area contributed by atoms with Crippen LogP contribution in [0.1, 0.15) is 19.3 Å². The van der Waals surface area contributed by atoms with Crippen molar-refractivity contribution in [1.82, 2.24) is 30.0 Å². The second kappa shape index (κ2) is 9.25. The molecule has 1 aliphatic carbocycles. The van der Waals surface area contributed by atoms with Crippen LogP contribution in [0.2, 0.25) is 0 Å². The Kier molecular flexibility index (Phi) is 5.58. The molecule has 4 aromatic heterocycles. The number of benzene rings is 1. The lowest BCUT2D eigenvalue weighted by Gasteiger charge is -2.34. The van der Waals surface area contributed by atoms with E-state index in [4.69, 9.17) is 0 Å². The molecular formula is C29H30N8O. The number of amides is 1. The Labute approximate surface area is 220 Å². The fourth-order valence-corrected chi connectivity index (χ4v) is 5.44. The Hall–Kier alpha value is -4.24. The minimum absolute atomic E-state index is 0.0890. The molecule has 1 saturated heterocycles. The third-order valence-electron chi connectivity index (χ3n) is 7.99. The summed E-state index contributed by atoms with van der Waals surface area (Å²) in [6.45, 7) is 4.10. The van der Waals surface area contributed by atoms with Crippen molar-refractivity contribution in [2.75, 3.05) is 43.4 Å². The highest BCUT2D eigenvalue weighted by molar-refractivity contribution is 6.00. The van der Waals surface area contributed by atoms with Crippen LogP contribution in [0.25, 0.3) is 44.5 Å². The molecule has 5 aromatic rings. The number of aromatic nitrogens is 5. The van der Waals surface area contributed by atoms with Crippen LogP contribution in [0.5, 0.6) is 0 Å². The fraction of sp³-hybridized carbons (Fsp3) is 0.310. The number of carbonyl (C=O) groups excluding carboxylic acids is 1. The lowest BCUT2D eigenvalue weighted by molar-refractivity contribution is -0.122. The van der Waals surface area contributed by atoms with Gasteiger partial charge in [-0.15, -0.1) is 0 Å². The van der Waals surface area contributed by atoms with E-state index >= 15 is 0 Å². The number of aromatic amines is 2. The molecule has 1 aliphatic heterocycles. The van der Waals surface area contributed by atoms with Gasteiger partial charge in [0, 0.05) is 66.5 Å². The molecular weight excluding hydrogens is 476 g/mol. The summed E-state index contributed by atoms with van der Waals surface area (Å²) in [4.78, 5) is 29.7. The number of piperazine rings is 1. The molecule has 7 rings (SSSR count). The normalized spacial score (nSPS) is 16.7. The first-order valence-corrected chi connectivity index (χ1v) is 13.3. The van der Waals surface area contributed by atoms with Gasteiger partial charge in [-0.3, -0.25) is 14.9 Å². The first-order chi connectivity index (χ1) is 18.6.